The summed E-state index contributed by atoms with van der Waals surface area (Å²) in [7, 11) is 1.12. The van der Waals surface area contributed by atoms with E-state index in [9.17, 15) is 50.4 Å². The summed E-state index contributed by atoms with van der Waals surface area (Å²) in [6.07, 6.45) is -12.6. The fraction of sp³-hybridized carbons (Fsp3) is 0.364. The molecule has 0 fully saturated rings. The number of nitro benzene ring substituents is 1. The molecule has 0 bridgehead atoms. The van der Waals surface area contributed by atoms with Crippen molar-refractivity contribution in [3.8, 4) is 0 Å². The van der Waals surface area contributed by atoms with Gasteiger partial charge in [-0.2, -0.15) is 26.3 Å². The van der Waals surface area contributed by atoms with Crippen molar-refractivity contribution in [3.63, 3.8) is 0 Å². The molecular weight excluding hydrogens is 517 g/mol. The maximum atomic E-state index is 14.8. The summed E-state index contributed by atoms with van der Waals surface area (Å²) in [6, 6.07) is 3.71. The lowest BCUT2D eigenvalue weighted by Gasteiger charge is -2.33. The number of halogens is 7. The summed E-state index contributed by atoms with van der Waals surface area (Å²) in [5.74, 6) is 0. The number of amides is 3. The van der Waals surface area contributed by atoms with Crippen molar-refractivity contribution in [1.29, 1.82) is 0 Å². The lowest BCUT2D eigenvalue weighted by Crippen LogP contribution is -2.50. The number of alkyl halides is 7. The summed E-state index contributed by atoms with van der Waals surface area (Å²) >= 11 is 0. The van der Waals surface area contributed by atoms with Crippen LogP contribution < -0.4 is 15.1 Å². The number of nitro groups is 1. The summed E-state index contributed by atoms with van der Waals surface area (Å²) in [5.41, 5.74) is -8.51. The highest BCUT2D eigenvalue weighted by atomic mass is 19.4. The number of hydrogen-bond acceptors (Lipinski definition) is 4. The predicted octanol–water partition coefficient (Wildman–Crippen LogP) is 5.52. The van der Waals surface area contributed by atoms with Gasteiger partial charge < -0.3 is 10.2 Å². The molecule has 15 heteroatoms. The molecule has 8 nitrogen and oxygen atoms in total. The second-order valence-corrected chi connectivity index (χ2v) is 7.87. The SMILES string of the molecule is CCNC(=O)N(Cc1ccc([N+](=O)[O-])c(C)c1)c1cc(C(F)(C(F)(F)F)C(F)(F)F)ccc1N(C)C=O. The van der Waals surface area contributed by atoms with E-state index in [1.807, 2.05) is 0 Å². The van der Waals surface area contributed by atoms with Crippen LogP contribution in [0.4, 0.5) is 52.6 Å². The van der Waals surface area contributed by atoms with E-state index in [0.717, 1.165) is 18.0 Å². The minimum Gasteiger partial charge on any atom is -0.338 e. The molecular formula is C22H21F7N4O4. The van der Waals surface area contributed by atoms with Gasteiger partial charge in [0.25, 0.3) is 5.69 Å². The lowest BCUT2D eigenvalue weighted by atomic mass is 9.93. The minimum absolute atomic E-state index is 0.00861. The van der Waals surface area contributed by atoms with E-state index in [4.69, 9.17) is 0 Å². The van der Waals surface area contributed by atoms with E-state index < -0.39 is 46.8 Å². The number of urea groups is 1. The average Bonchev–Trinajstić information content (AvgIpc) is 2.79. The van der Waals surface area contributed by atoms with Gasteiger partial charge in [-0.25, -0.2) is 9.18 Å². The molecule has 0 heterocycles. The number of carbonyl (C=O) groups excluding carboxylic acids is 2. The first-order valence-corrected chi connectivity index (χ1v) is 10.4. The first-order valence-electron chi connectivity index (χ1n) is 10.4. The minimum atomic E-state index is -6.41. The molecule has 0 aliphatic heterocycles. The summed E-state index contributed by atoms with van der Waals surface area (Å²) in [5, 5.41) is 13.4. The van der Waals surface area contributed by atoms with Gasteiger partial charge in [0.15, 0.2) is 0 Å². The van der Waals surface area contributed by atoms with Gasteiger partial charge in [0.2, 0.25) is 6.41 Å². The number of anilines is 2. The first-order chi connectivity index (χ1) is 17.0. The van der Waals surface area contributed by atoms with Crippen molar-refractivity contribution in [3.05, 3.63) is 63.2 Å². The Bertz CT molecular complexity index is 1170. The molecule has 0 atom stereocenters. The molecule has 0 saturated heterocycles. The average molecular weight is 538 g/mol. The van der Waals surface area contributed by atoms with Gasteiger partial charge in [-0.15, -0.1) is 0 Å². The van der Waals surface area contributed by atoms with Crippen LogP contribution in [0, 0.1) is 17.0 Å². The van der Waals surface area contributed by atoms with Crippen molar-refractivity contribution < 1.29 is 45.2 Å². The third-order valence-corrected chi connectivity index (χ3v) is 5.36. The molecule has 3 amide bonds. The Morgan fingerprint density at radius 3 is 2.08 bits per heavy atom. The molecule has 0 saturated carbocycles. The monoisotopic (exact) mass is 538 g/mol. The highest BCUT2D eigenvalue weighted by Gasteiger charge is 2.73. The maximum Gasteiger partial charge on any atom is 0.435 e. The zero-order chi connectivity index (χ0) is 28.3. The molecule has 0 aliphatic rings. The third kappa shape index (κ3) is 5.75. The molecule has 0 unspecified atom stereocenters. The molecule has 2 aromatic carbocycles. The maximum absolute atomic E-state index is 14.8. The van der Waals surface area contributed by atoms with E-state index >= 15 is 0 Å². The van der Waals surface area contributed by atoms with E-state index in [1.54, 1.807) is 0 Å². The number of nitrogens with zero attached hydrogens (tertiary/aromatic N) is 3. The number of benzene rings is 2. The second kappa shape index (κ2) is 10.6. The molecule has 0 aromatic heterocycles. The van der Waals surface area contributed by atoms with Crippen molar-refractivity contribution in [1.82, 2.24) is 5.32 Å². The Morgan fingerprint density at radius 2 is 1.62 bits per heavy atom. The summed E-state index contributed by atoms with van der Waals surface area (Å²) in [4.78, 5) is 36.2. The van der Waals surface area contributed by atoms with Crippen molar-refractivity contribution in [2.45, 2.75) is 38.4 Å². The van der Waals surface area contributed by atoms with Crippen LogP contribution in [-0.2, 0) is 17.0 Å². The number of nitrogens with one attached hydrogen (secondary N) is 1. The Balaban J connectivity index is 2.81. The van der Waals surface area contributed by atoms with E-state index in [0.29, 0.717) is 11.0 Å². The fourth-order valence-electron chi connectivity index (χ4n) is 3.51. The zero-order valence-corrected chi connectivity index (χ0v) is 19.6. The summed E-state index contributed by atoms with van der Waals surface area (Å²) < 4.78 is 95.3. The molecule has 1 N–H and O–H groups in total. The molecule has 0 radical (unpaired) electrons. The first kappa shape index (κ1) is 29.3. The van der Waals surface area contributed by atoms with Gasteiger partial charge >= 0.3 is 24.1 Å². The van der Waals surface area contributed by atoms with E-state index in [-0.39, 0.29) is 47.6 Å². The van der Waals surface area contributed by atoms with Crippen LogP contribution in [0.1, 0.15) is 23.6 Å². The van der Waals surface area contributed by atoms with Gasteiger partial charge in [0, 0.05) is 30.8 Å². The number of rotatable bonds is 8. The normalized spacial score (nSPS) is 12.2. The molecule has 0 aliphatic carbocycles. The van der Waals surface area contributed by atoms with Gasteiger partial charge in [0.1, 0.15) is 0 Å². The summed E-state index contributed by atoms with van der Waals surface area (Å²) in [6.45, 7) is 2.35. The lowest BCUT2D eigenvalue weighted by molar-refractivity contribution is -0.385. The Morgan fingerprint density at radius 1 is 1.03 bits per heavy atom. The van der Waals surface area contributed by atoms with Crippen LogP contribution in [-0.4, -0.2) is 43.3 Å². The molecule has 2 aromatic rings. The standard InChI is InChI=1S/C22H21F7N4O4/c1-4-30-19(35)32(11-14-5-7-16(33(36)37)13(2)9-14)18-10-15(6-8-17(18)31(3)12-34)20(23,21(24,25)26)22(27,28)29/h5-10,12H,4,11H2,1-3H3,(H,30,35). The Labute approximate surface area is 205 Å². The quantitative estimate of drug-likeness (QED) is 0.207. The Hall–Kier alpha value is -3.91. The highest BCUT2D eigenvalue weighted by Crippen LogP contribution is 2.54. The molecule has 37 heavy (non-hydrogen) atoms. The largest absolute Gasteiger partial charge is 0.435 e. The van der Waals surface area contributed by atoms with Crippen molar-refractivity contribution in [2.24, 2.45) is 0 Å². The van der Waals surface area contributed by atoms with Crippen LogP contribution >= 0.6 is 0 Å². The fourth-order valence-corrected chi connectivity index (χ4v) is 3.51. The second-order valence-electron chi connectivity index (χ2n) is 7.87. The Kier molecular flexibility index (Phi) is 8.40. The van der Waals surface area contributed by atoms with Crippen LogP contribution in [0.15, 0.2) is 36.4 Å². The molecule has 0 spiro atoms. The van der Waals surface area contributed by atoms with Crippen molar-refractivity contribution >= 4 is 29.5 Å². The third-order valence-electron chi connectivity index (χ3n) is 5.36. The van der Waals surface area contributed by atoms with Crippen LogP contribution in [0.3, 0.4) is 0 Å². The van der Waals surface area contributed by atoms with Gasteiger partial charge in [-0.1, -0.05) is 12.1 Å². The van der Waals surface area contributed by atoms with E-state index in [1.165, 1.54) is 26.0 Å². The van der Waals surface area contributed by atoms with Crippen molar-refractivity contribution in [2.75, 3.05) is 23.4 Å². The number of hydrogen-bond donors (Lipinski definition) is 1. The number of aryl methyl sites for hydroxylation is 1. The predicted molar refractivity (Wildman–Crippen MR) is 119 cm³/mol. The molecule has 2 rings (SSSR count). The zero-order valence-electron chi connectivity index (χ0n) is 19.6. The smallest absolute Gasteiger partial charge is 0.338 e. The molecule has 202 valence electrons. The van der Waals surface area contributed by atoms with Gasteiger partial charge in [0.05, 0.1) is 22.8 Å². The van der Waals surface area contributed by atoms with Gasteiger partial charge in [-0.3, -0.25) is 19.8 Å². The number of carbonyl (C=O) groups is 2. The van der Waals surface area contributed by atoms with E-state index in [2.05, 4.69) is 5.32 Å². The van der Waals surface area contributed by atoms with Gasteiger partial charge in [-0.05, 0) is 37.6 Å². The topological polar surface area (TPSA) is 95.8 Å². The van der Waals surface area contributed by atoms with Crippen LogP contribution in [0.2, 0.25) is 0 Å². The van der Waals surface area contributed by atoms with Crippen LogP contribution in [0.25, 0.3) is 0 Å². The highest BCUT2D eigenvalue weighted by molar-refractivity contribution is 5.97. The van der Waals surface area contributed by atoms with Crippen LogP contribution in [0.5, 0.6) is 0 Å².